The van der Waals surface area contributed by atoms with Crippen LogP contribution in [-0.4, -0.2) is 17.8 Å². The number of rotatable bonds is 5. The molecule has 1 unspecified atom stereocenters. The van der Waals surface area contributed by atoms with Crippen LogP contribution >= 0.6 is 0 Å². The van der Waals surface area contributed by atoms with E-state index < -0.39 is 0 Å². The summed E-state index contributed by atoms with van der Waals surface area (Å²) in [6, 6.07) is 18.6. The minimum absolute atomic E-state index is 0.154. The standard InChI is InChI=1S/C23H23N3O2/c1-3-27-21-12-18-15-25-23(17-9-7-16(14-24)8-10-17)19-6-5-11-26(19)20(18)13-22(21)28-4-2/h5-13,23,25H,3-4,15H2,1-2H3/p+1. The van der Waals surface area contributed by atoms with E-state index >= 15 is 0 Å². The van der Waals surface area contributed by atoms with Crippen LogP contribution in [0.1, 0.15) is 42.3 Å². The van der Waals surface area contributed by atoms with Crippen molar-refractivity contribution in [2.24, 2.45) is 0 Å². The number of ether oxygens (including phenoxy) is 2. The fourth-order valence-corrected chi connectivity index (χ4v) is 3.82. The molecule has 4 rings (SSSR count). The molecule has 2 heterocycles. The van der Waals surface area contributed by atoms with Crippen molar-refractivity contribution in [2.45, 2.75) is 26.4 Å². The van der Waals surface area contributed by atoms with E-state index in [2.05, 4.69) is 46.4 Å². The zero-order valence-corrected chi connectivity index (χ0v) is 16.2. The maximum Gasteiger partial charge on any atom is 0.163 e. The molecule has 5 heteroatoms. The first-order valence-corrected chi connectivity index (χ1v) is 9.68. The van der Waals surface area contributed by atoms with Gasteiger partial charge in [0.1, 0.15) is 6.54 Å². The van der Waals surface area contributed by atoms with Crippen LogP contribution in [0.4, 0.5) is 0 Å². The Labute approximate surface area is 165 Å². The van der Waals surface area contributed by atoms with Gasteiger partial charge in [-0.05, 0) is 44.2 Å². The largest absolute Gasteiger partial charge is 0.490 e. The summed E-state index contributed by atoms with van der Waals surface area (Å²) >= 11 is 0. The molecule has 1 aliphatic heterocycles. The van der Waals surface area contributed by atoms with Crippen molar-refractivity contribution in [3.63, 3.8) is 0 Å². The average Bonchev–Trinajstić information content (AvgIpc) is 3.14. The monoisotopic (exact) mass is 374 g/mol. The molecular formula is C23H24N3O2+. The predicted octanol–water partition coefficient (Wildman–Crippen LogP) is 3.31. The summed E-state index contributed by atoms with van der Waals surface area (Å²) in [6.07, 6.45) is 2.10. The van der Waals surface area contributed by atoms with Crippen LogP contribution in [0, 0.1) is 11.3 Å². The van der Waals surface area contributed by atoms with Crippen LogP contribution in [0.3, 0.4) is 0 Å². The molecule has 0 aliphatic carbocycles. The number of nitrogens with zero attached hydrogens (tertiary/aromatic N) is 2. The van der Waals surface area contributed by atoms with Gasteiger partial charge >= 0.3 is 0 Å². The van der Waals surface area contributed by atoms with E-state index in [1.807, 2.05) is 38.1 Å². The number of hydrogen-bond acceptors (Lipinski definition) is 3. The first kappa shape index (κ1) is 18.1. The van der Waals surface area contributed by atoms with Crippen molar-refractivity contribution in [1.29, 1.82) is 5.26 Å². The third kappa shape index (κ3) is 3.23. The molecule has 3 aromatic rings. The Hall–Kier alpha value is -3.23. The molecule has 28 heavy (non-hydrogen) atoms. The van der Waals surface area contributed by atoms with E-state index in [9.17, 15) is 0 Å². The van der Waals surface area contributed by atoms with Gasteiger partial charge in [-0.25, -0.2) is 0 Å². The van der Waals surface area contributed by atoms with Gasteiger partial charge in [-0.2, -0.15) is 5.26 Å². The van der Waals surface area contributed by atoms with E-state index in [-0.39, 0.29) is 6.04 Å². The highest BCUT2D eigenvalue weighted by Gasteiger charge is 2.27. The van der Waals surface area contributed by atoms with Crippen LogP contribution in [0.2, 0.25) is 0 Å². The zero-order valence-electron chi connectivity index (χ0n) is 16.2. The number of aromatic nitrogens is 1. The first-order chi connectivity index (χ1) is 13.7. The van der Waals surface area contributed by atoms with Gasteiger partial charge < -0.3 is 19.4 Å². The lowest BCUT2D eigenvalue weighted by Crippen LogP contribution is -2.83. The molecule has 142 valence electrons. The highest BCUT2D eigenvalue weighted by molar-refractivity contribution is 5.56. The molecule has 0 amide bonds. The van der Waals surface area contributed by atoms with E-state index in [0.717, 1.165) is 23.7 Å². The van der Waals surface area contributed by atoms with Crippen LogP contribution in [-0.2, 0) is 6.54 Å². The molecule has 1 aliphatic rings. The molecule has 1 atom stereocenters. The number of hydrogen-bond donors (Lipinski definition) is 1. The summed E-state index contributed by atoms with van der Waals surface area (Å²) in [6.45, 7) is 5.99. The molecule has 0 saturated carbocycles. The molecule has 0 saturated heterocycles. The second-order valence-corrected chi connectivity index (χ2v) is 6.75. The van der Waals surface area contributed by atoms with E-state index in [4.69, 9.17) is 14.7 Å². The molecule has 2 aromatic carbocycles. The Morgan fingerprint density at radius 2 is 1.79 bits per heavy atom. The number of benzene rings is 2. The molecule has 2 N–H and O–H groups in total. The molecule has 5 nitrogen and oxygen atoms in total. The lowest BCUT2D eigenvalue weighted by molar-refractivity contribution is -0.702. The van der Waals surface area contributed by atoms with Crippen LogP contribution in [0.5, 0.6) is 11.5 Å². The van der Waals surface area contributed by atoms with Gasteiger partial charge in [-0.1, -0.05) is 12.1 Å². The topological polar surface area (TPSA) is 63.8 Å². The van der Waals surface area contributed by atoms with Gasteiger partial charge in [0.2, 0.25) is 0 Å². The first-order valence-electron chi connectivity index (χ1n) is 9.68. The summed E-state index contributed by atoms with van der Waals surface area (Å²) in [4.78, 5) is 0. The Balaban J connectivity index is 1.79. The van der Waals surface area contributed by atoms with Gasteiger partial charge in [-0.15, -0.1) is 0 Å². The van der Waals surface area contributed by atoms with Gasteiger partial charge in [0.15, 0.2) is 17.5 Å². The highest BCUT2D eigenvalue weighted by Crippen LogP contribution is 2.35. The quantitative estimate of drug-likeness (QED) is 0.745. The van der Waals surface area contributed by atoms with Crippen molar-refractivity contribution in [3.8, 4) is 23.3 Å². The Kier molecular flexibility index (Phi) is 5.05. The van der Waals surface area contributed by atoms with Crippen molar-refractivity contribution in [2.75, 3.05) is 13.2 Å². The lowest BCUT2D eigenvalue weighted by atomic mass is 10.0. The van der Waals surface area contributed by atoms with Gasteiger partial charge in [0.05, 0.1) is 36.2 Å². The number of fused-ring (bicyclic) bond motifs is 3. The van der Waals surface area contributed by atoms with Gasteiger partial charge in [0.25, 0.3) is 0 Å². The summed E-state index contributed by atoms with van der Waals surface area (Å²) in [5, 5.41) is 11.4. The maximum absolute atomic E-state index is 9.08. The second-order valence-electron chi connectivity index (χ2n) is 6.75. The Morgan fingerprint density at radius 1 is 1.07 bits per heavy atom. The fraction of sp³-hybridized carbons (Fsp3) is 0.261. The Morgan fingerprint density at radius 3 is 2.46 bits per heavy atom. The summed E-state index contributed by atoms with van der Waals surface area (Å²) in [7, 11) is 0. The molecule has 0 fully saturated rings. The maximum atomic E-state index is 9.08. The number of nitrogens with two attached hydrogens (primary N) is 1. The number of nitriles is 1. The molecule has 0 bridgehead atoms. The summed E-state index contributed by atoms with van der Waals surface area (Å²) in [5.41, 5.74) is 5.40. The SMILES string of the molecule is CCOc1cc2c(cc1OCC)-n1cccc1C(c1ccc(C#N)cc1)[NH2+]C2. The van der Waals surface area contributed by atoms with Crippen molar-refractivity contribution in [1.82, 2.24) is 4.57 Å². The summed E-state index contributed by atoms with van der Waals surface area (Å²) < 4.78 is 13.9. The number of quaternary nitrogens is 1. The second kappa shape index (κ2) is 7.79. The highest BCUT2D eigenvalue weighted by atomic mass is 16.5. The fourth-order valence-electron chi connectivity index (χ4n) is 3.82. The van der Waals surface area contributed by atoms with Crippen molar-refractivity contribution in [3.05, 3.63) is 77.1 Å². The van der Waals surface area contributed by atoms with E-state index in [0.29, 0.717) is 18.8 Å². The molecule has 0 spiro atoms. The molecule has 1 aromatic heterocycles. The third-order valence-electron chi connectivity index (χ3n) is 5.08. The van der Waals surface area contributed by atoms with Crippen LogP contribution in [0.25, 0.3) is 5.69 Å². The van der Waals surface area contributed by atoms with Crippen molar-refractivity contribution < 1.29 is 14.8 Å². The average molecular weight is 374 g/mol. The zero-order chi connectivity index (χ0) is 19.5. The normalized spacial score (nSPS) is 15.1. The molecule has 0 radical (unpaired) electrons. The van der Waals surface area contributed by atoms with E-state index in [1.54, 1.807) is 0 Å². The van der Waals surface area contributed by atoms with E-state index in [1.165, 1.54) is 16.8 Å². The van der Waals surface area contributed by atoms with Crippen molar-refractivity contribution >= 4 is 0 Å². The minimum Gasteiger partial charge on any atom is -0.490 e. The van der Waals surface area contributed by atoms with Gasteiger partial charge in [-0.3, -0.25) is 0 Å². The molecular weight excluding hydrogens is 350 g/mol. The summed E-state index contributed by atoms with van der Waals surface area (Å²) in [5.74, 6) is 1.57. The Bertz CT molecular complexity index is 1020. The lowest BCUT2D eigenvalue weighted by Gasteiger charge is -2.16. The predicted molar refractivity (Wildman–Crippen MR) is 107 cm³/mol. The van der Waals surface area contributed by atoms with Crippen LogP contribution < -0.4 is 14.8 Å². The smallest absolute Gasteiger partial charge is 0.163 e. The third-order valence-corrected chi connectivity index (χ3v) is 5.08. The van der Waals surface area contributed by atoms with Gasteiger partial charge in [0, 0.05) is 23.4 Å². The van der Waals surface area contributed by atoms with Crippen LogP contribution in [0.15, 0.2) is 54.7 Å². The minimum atomic E-state index is 0.154.